The molecule has 2 unspecified atom stereocenters. The van der Waals surface area contributed by atoms with Crippen molar-refractivity contribution in [1.29, 1.82) is 0 Å². The summed E-state index contributed by atoms with van der Waals surface area (Å²) in [7, 11) is 0. The maximum absolute atomic E-state index is 12.6. The molecule has 1 heterocycles. The maximum atomic E-state index is 12.6. The van der Waals surface area contributed by atoms with E-state index in [-0.39, 0.29) is 11.8 Å². The maximum Gasteiger partial charge on any atom is 0.250 e. The van der Waals surface area contributed by atoms with Gasteiger partial charge in [0.15, 0.2) is 0 Å². The largest absolute Gasteiger partial charge is 0.342 e. The summed E-state index contributed by atoms with van der Waals surface area (Å²) in [5.41, 5.74) is 1.63. The van der Waals surface area contributed by atoms with Crippen LogP contribution < -0.4 is 10.2 Å². The Hall–Kier alpha value is -1.55. The highest BCUT2D eigenvalue weighted by atomic mass is 35.5. The van der Waals surface area contributed by atoms with Crippen molar-refractivity contribution in [2.75, 3.05) is 4.90 Å². The lowest BCUT2D eigenvalue weighted by molar-refractivity contribution is -0.134. The molecule has 0 radical (unpaired) electrons. The Morgan fingerprint density at radius 1 is 1.25 bits per heavy atom. The Morgan fingerprint density at radius 3 is 2.50 bits per heavy atom. The van der Waals surface area contributed by atoms with Crippen LogP contribution in [0, 0.1) is 6.92 Å². The van der Waals surface area contributed by atoms with Crippen LogP contribution in [0.3, 0.4) is 0 Å². The first-order valence-electron chi connectivity index (χ1n) is 6.89. The van der Waals surface area contributed by atoms with Crippen molar-refractivity contribution in [1.82, 2.24) is 5.32 Å². The minimum absolute atomic E-state index is 0.0929. The monoisotopic (exact) mass is 294 g/mol. The minimum atomic E-state index is -0.495. The fourth-order valence-corrected chi connectivity index (χ4v) is 2.83. The van der Waals surface area contributed by atoms with Crippen LogP contribution in [0.1, 0.15) is 32.3 Å². The zero-order valence-electron chi connectivity index (χ0n) is 11.9. The molecule has 1 saturated heterocycles. The Balaban J connectivity index is 2.47. The zero-order chi connectivity index (χ0) is 14.9. The SMILES string of the molecule is CCC1NC(=O)C(CC)N(c2ccc(C)cc2Cl)C1=O. The van der Waals surface area contributed by atoms with E-state index in [1.807, 2.05) is 39.0 Å². The van der Waals surface area contributed by atoms with Gasteiger partial charge in [-0.05, 0) is 37.5 Å². The van der Waals surface area contributed by atoms with Gasteiger partial charge in [-0.1, -0.05) is 31.5 Å². The Bertz CT molecular complexity index is 545. The van der Waals surface area contributed by atoms with E-state index < -0.39 is 12.1 Å². The number of amides is 2. The van der Waals surface area contributed by atoms with Crippen LogP contribution in [0.5, 0.6) is 0 Å². The highest BCUT2D eigenvalue weighted by molar-refractivity contribution is 6.34. The van der Waals surface area contributed by atoms with E-state index in [1.54, 1.807) is 4.90 Å². The predicted octanol–water partition coefficient (Wildman–Crippen LogP) is 2.67. The van der Waals surface area contributed by atoms with E-state index in [0.717, 1.165) is 5.56 Å². The van der Waals surface area contributed by atoms with Gasteiger partial charge >= 0.3 is 0 Å². The molecule has 1 aliphatic heterocycles. The fraction of sp³-hybridized carbons (Fsp3) is 0.467. The number of aryl methyl sites for hydroxylation is 1. The number of rotatable bonds is 3. The summed E-state index contributed by atoms with van der Waals surface area (Å²) in [5, 5.41) is 3.28. The van der Waals surface area contributed by atoms with E-state index in [9.17, 15) is 9.59 Å². The smallest absolute Gasteiger partial charge is 0.250 e. The third-order valence-corrected chi connectivity index (χ3v) is 3.93. The third-order valence-electron chi connectivity index (χ3n) is 3.62. The van der Waals surface area contributed by atoms with Crippen LogP contribution in [-0.4, -0.2) is 23.9 Å². The van der Waals surface area contributed by atoms with Crippen molar-refractivity contribution in [2.45, 2.75) is 45.7 Å². The molecule has 1 N–H and O–H groups in total. The molecular formula is C15H19ClN2O2. The van der Waals surface area contributed by atoms with Crippen molar-refractivity contribution >= 4 is 29.1 Å². The van der Waals surface area contributed by atoms with E-state index in [1.165, 1.54) is 0 Å². The standard InChI is InChI=1S/C15H19ClN2O2/c1-4-11-15(20)18(12(5-2)14(19)17-11)13-7-6-9(3)8-10(13)16/h6-8,11-12H,4-5H2,1-3H3,(H,17,19). The molecule has 1 aromatic carbocycles. The van der Waals surface area contributed by atoms with Crippen molar-refractivity contribution in [3.8, 4) is 0 Å². The normalized spacial score (nSPS) is 22.9. The molecule has 1 aliphatic rings. The van der Waals surface area contributed by atoms with Crippen LogP contribution in [0.4, 0.5) is 5.69 Å². The van der Waals surface area contributed by atoms with Crippen LogP contribution >= 0.6 is 11.6 Å². The molecule has 2 amide bonds. The average Bonchev–Trinajstić information content (AvgIpc) is 2.41. The summed E-state index contributed by atoms with van der Waals surface area (Å²) >= 11 is 6.26. The summed E-state index contributed by atoms with van der Waals surface area (Å²) in [6.45, 7) is 5.70. The fourth-order valence-electron chi connectivity index (χ4n) is 2.51. The molecule has 2 atom stereocenters. The number of benzene rings is 1. The number of carbonyl (C=O) groups is 2. The number of hydrogen-bond donors (Lipinski definition) is 1. The van der Waals surface area contributed by atoms with Gasteiger partial charge in [0.25, 0.3) is 0 Å². The van der Waals surface area contributed by atoms with Gasteiger partial charge in [0.05, 0.1) is 10.7 Å². The molecule has 0 bridgehead atoms. The van der Waals surface area contributed by atoms with Crippen molar-refractivity contribution in [3.05, 3.63) is 28.8 Å². The van der Waals surface area contributed by atoms with Gasteiger partial charge in [0, 0.05) is 0 Å². The number of nitrogens with one attached hydrogen (secondary N) is 1. The quantitative estimate of drug-likeness (QED) is 0.932. The summed E-state index contributed by atoms with van der Waals surface area (Å²) in [6, 6.07) is 4.55. The number of halogens is 1. The molecule has 0 saturated carbocycles. The average molecular weight is 295 g/mol. The molecule has 0 aromatic heterocycles. The number of hydrogen-bond acceptors (Lipinski definition) is 2. The molecule has 0 aliphatic carbocycles. The van der Waals surface area contributed by atoms with Gasteiger partial charge in [-0.2, -0.15) is 0 Å². The second-order valence-electron chi connectivity index (χ2n) is 5.06. The topological polar surface area (TPSA) is 49.4 Å². The number of anilines is 1. The Labute approximate surface area is 124 Å². The molecule has 1 fully saturated rings. The molecule has 4 nitrogen and oxygen atoms in total. The summed E-state index contributed by atoms with van der Waals surface area (Å²) in [4.78, 5) is 26.3. The minimum Gasteiger partial charge on any atom is -0.342 e. The molecular weight excluding hydrogens is 276 g/mol. The van der Waals surface area contributed by atoms with Crippen molar-refractivity contribution in [3.63, 3.8) is 0 Å². The van der Waals surface area contributed by atoms with Crippen LogP contribution in [0.25, 0.3) is 0 Å². The first-order chi connectivity index (χ1) is 9.49. The van der Waals surface area contributed by atoms with Crippen LogP contribution in [0.15, 0.2) is 18.2 Å². The molecule has 108 valence electrons. The highest BCUT2D eigenvalue weighted by Crippen LogP contribution is 2.31. The number of nitrogens with zero attached hydrogens (tertiary/aromatic N) is 1. The molecule has 5 heteroatoms. The lowest BCUT2D eigenvalue weighted by Gasteiger charge is -2.38. The predicted molar refractivity (Wildman–Crippen MR) is 80.0 cm³/mol. The van der Waals surface area contributed by atoms with Gasteiger partial charge in [-0.25, -0.2) is 0 Å². The van der Waals surface area contributed by atoms with Gasteiger partial charge in [-0.3, -0.25) is 14.5 Å². The van der Waals surface area contributed by atoms with Crippen molar-refractivity contribution < 1.29 is 9.59 Å². The first kappa shape index (κ1) is 14.9. The first-order valence-corrected chi connectivity index (χ1v) is 7.27. The lowest BCUT2D eigenvalue weighted by atomic mass is 10.0. The van der Waals surface area contributed by atoms with E-state index in [4.69, 9.17) is 11.6 Å². The summed E-state index contributed by atoms with van der Waals surface area (Å²) < 4.78 is 0. The summed E-state index contributed by atoms with van der Waals surface area (Å²) in [5.74, 6) is -0.208. The number of carbonyl (C=O) groups excluding carboxylic acids is 2. The van der Waals surface area contributed by atoms with Crippen molar-refractivity contribution in [2.24, 2.45) is 0 Å². The van der Waals surface area contributed by atoms with Gasteiger partial charge in [0.2, 0.25) is 11.8 Å². The van der Waals surface area contributed by atoms with E-state index in [2.05, 4.69) is 5.32 Å². The number of piperazine rings is 1. The van der Waals surface area contributed by atoms with Crippen LogP contribution in [-0.2, 0) is 9.59 Å². The third kappa shape index (κ3) is 2.52. The molecule has 0 spiro atoms. The van der Waals surface area contributed by atoms with Gasteiger partial charge in [-0.15, -0.1) is 0 Å². The zero-order valence-corrected chi connectivity index (χ0v) is 12.7. The van der Waals surface area contributed by atoms with Gasteiger partial charge < -0.3 is 5.32 Å². The molecule has 2 rings (SSSR count). The Morgan fingerprint density at radius 2 is 1.95 bits per heavy atom. The van der Waals surface area contributed by atoms with Gasteiger partial charge in [0.1, 0.15) is 12.1 Å². The Kier molecular flexibility index (Phi) is 4.33. The second-order valence-corrected chi connectivity index (χ2v) is 5.46. The second kappa shape index (κ2) is 5.83. The van der Waals surface area contributed by atoms with E-state index in [0.29, 0.717) is 23.6 Å². The van der Waals surface area contributed by atoms with E-state index >= 15 is 0 Å². The van der Waals surface area contributed by atoms with Crippen LogP contribution in [0.2, 0.25) is 5.02 Å². The molecule has 20 heavy (non-hydrogen) atoms. The lowest BCUT2D eigenvalue weighted by Crippen LogP contribution is -2.63. The molecule has 1 aromatic rings. The summed E-state index contributed by atoms with van der Waals surface area (Å²) in [6.07, 6.45) is 1.12. The highest BCUT2D eigenvalue weighted by Gasteiger charge is 2.40.